The molecule has 0 spiro atoms. The number of carbonyl (C=O) groups is 2. The number of hydrogen-bond acceptors (Lipinski definition) is 6. The summed E-state index contributed by atoms with van der Waals surface area (Å²) in [6.45, 7) is 3.26. The summed E-state index contributed by atoms with van der Waals surface area (Å²) in [6.07, 6.45) is 0.242. The molecule has 0 aromatic heterocycles. The van der Waals surface area contributed by atoms with E-state index in [0.717, 1.165) is 15.4 Å². The van der Waals surface area contributed by atoms with Crippen molar-refractivity contribution in [3.05, 3.63) is 120 Å². The standard InChI is InChI=1S/C35H39N3O6S/c1-26(2)36-35(40)31(22-27-14-8-5-9-15-27)37(24-28-16-10-6-11-17-28)34(39)25-38(29-18-12-7-13-19-29)45(41,42)30-20-21-32(43-3)33(23-30)44-4/h5-21,23,26,31H,22,24-25H2,1-4H3,(H,36,40)/t31-/m0/s1. The molecule has 0 aliphatic carbocycles. The predicted octanol–water partition coefficient (Wildman–Crippen LogP) is 5.06. The van der Waals surface area contributed by atoms with Crippen molar-refractivity contribution in [3.63, 3.8) is 0 Å². The van der Waals surface area contributed by atoms with Gasteiger partial charge in [0.2, 0.25) is 11.8 Å². The molecule has 0 saturated heterocycles. The number of methoxy groups -OCH3 is 2. The largest absolute Gasteiger partial charge is 0.493 e. The lowest BCUT2D eigenvalue weighted by Crippen LogP contribution is -2.54. The minimum absolute atomic E-state index is 0.0789. The fraction of sp³-hybridized carbons (Fsp3) is 0.257. The minimum atomic E-state index is -4.29. The van der Waals surface area contributed by atoms with Gasteiger partial charge in [-0.05, 0) is 49.2 Å². The van der Waals surface area contributed by atoms with E-state index in [2.05, 4.69) is 5.32 Å². The number of sulfonamides is 1. The average molecular weight is 630 g/mol. The maximum atomic E-state index is 14.4. The Morgan fingerprint density at radius 3 is 1.87 bits per heavy atom. The zero-order valence-corrected chi connectivity index (χ0v) is 26.7. The summed E-state index contributed by atoms with van der Waals surface area (Å²) in [5.41, 5.74) is 1.96. The van der Waals surface area contributed by atoms with E-state index in [1.165, 1.54) is 37.3 Å². The molecule has 236 valence electrons. The first-order chi connectivity index (χ1) is 21.6. The van der Waals surface area contributed by atoms with Gasteiger partial charge in [-0.15, -0.1) is 0 Å². The van der Waals surface area contributed by atoms with Gasteiger partial charge >= 0.3 is 0 Å². The second-order valence-electron chi connectivity index (χ2n) is 10.7. The van der Waals surface area contributed by atoms with E-state index in [9.17, 15) is 18.0 Å². The molecule has 0 heterocycles. The van der Waals surface area contributed by atoms with Crippen molar-refractivity contribution in [3.8, 4) is 11.5 Å². The first-order valence-electron chi connectivity index (χ1n) is 14.6. The highest BCUT2D eigenvalue weighted by Crippen LogP contribution is 2.32. The van der Waals surface area contributed by atoms with E-state index >= 15 is 0 Å². The van der Waals surface area contributed by atoms with Gasteiger partial charge in [-0.3, -0.25) is 13.9 Å². The van der Waals surface area contributed by atoms with E-state index in [1.807, 2.05) is 74.5 Å². The molecule has 4 rings (SSSR count). The topological polar surface area (TPSA) is 105 Å². The molecule has 0 unspecified atom stereocenters. The molecular weight excluding hydrogens is 590 g/mol. The fourth-order valence-corrected chi connectivity index (χ4v) is 6.37. The summed E-state index contributed by atoms with van der Waals surface area (Å²) in [6, 6.07) is 30.4. The molecule has 1 N–H and O–H groups in total. The van der Waals surface area contributed by atoms with Gasteiger partial charge < -0.3 is 19.7 Å². The third-order valence-electron chi connectivity index (χ3n) is 7.16. The minimum Gasteiger partial charge on any atom is -0.493 e. The van der Waals surface area contributed by atoms with E-state index in [1.54, 1.807) is 30.3 Å². The SMILES string of the molecule is COc1ccc(S(=O)(=O)N(CC(=O)N(Cc2ccccc2)[C@@H](Cc2ccccc2)C(=O)NC(C)C)c2ccccc2)cc1OC. The Balaban J connectivity index is 1.79. The van der Waals surface area contributed by atoms with Crippen molar-refractivity contribution in [1.82, 2.24) is 10.2 Å². The molecule has 1 atom stereocenters. The molecule has 0 aliphatic heterocycles. The Morgan fingerprint density at radius 2 is 1.31 bits per heavy atom. The monoisotopic (exact) mass is 629 g/mol. The van der Waals surface area contributed by atoms with Crippen molar-refractivity contribution >= 4 is 27.5 Å². The zero-order valence-electron chi connectivity index (χ0n) is 25.9. The summed E-state index contributed by atoms with van der Waals surface area (Å²) >= 11 is 0. The Kier molecular flexibility index (Phi) is 11.2. The van der Waals surface area contributed by atoms with Gasteiger partial charge in [-0.2, -0.15) is 0 Å². The third kappa shape index (κ3) is 8.42. The smallest absolute Gasteiger partial charge is 0.264 e. The fourth-order valence-electron chi connectivity index (χ4n) is 4.94. The molecule has 2 amide bonds. The lowest BCUT2D eigenvalue weighted by Gasteiger charge is -2.34. The van der Waals surface area contributed by atoms with Gasteiger partial charge in [-0.1, -0.05) is 78.9 Å². The van der Waals surface area contributed by atoms with Crippen molar-refractivity contribution < 1.29 is 27.5 Å². The Bertz CT molecular complexity index is 1670. The summed E-state index contributed by atoms with van der Waals surface area (Å²) in [7, 11) is -1.41. The van der Waals surface area contributed by atoms with Crippen LogP contribution in [0.1, 0.15) is 25.0 Å². The molecular formula is C35H39N3O6S. The number of benzene rings is 4. The predicted molar refractivity (Wildman–Crippen MR) is 175 cm³/mol. The normalized spacial score (nSPS) is 11.8. The molecule has 10 heteroatoms. The molecule has 0 radical (unpaired) electrons. The second-order valence-corrected chi connectivity index (χ2v) is 12.6. The number of amides is 2. The van der Waals surface area contributed by atoms with Crippen molar-refractivity contribution in [1.29, 1.82) is 0 Å². The van der Waals surface area contributed by atoms with Crippen LogP contribution in [0.2, 0.25) is 0 Å². The second kappa shape index (κ2) is 15.3. The molecule has 9 nitrogen and oxygen atoms in total. The highest BCUT2D eigenvalue weighted by molar-refractivity contribution is 7.92. The maximum Gasteiger partial charge on any atom is 0.264 e. The van der Waals surface area contributed by atoms with Crippen LogP contribution in [-0.2, 0) is 32.6 Å². The van der Waals surface area contributed by atoms with Crippen LogP contribution in [0.25, 0.3) is 0 Å². The number of carbonyl (C=O) groups excluding carboxylic acids is 2. The average Bonchev–Trinajstić information content (AvgIpc) is 3.05. The van der Waals surface area contributed by atoms with Gasteiger partial charge in [0.05, 0.1) is 24.8 Å². The number of anilines is 1. The first-order valence-corrected chi connectivity index (χ1v) is 16.1. The molecule has 45 heavy (non-hydrogen) atoms. The van der Waals surface area contributed by atoms with E-state index in [0.29, 0.717) is 11.4 Å². The Morgan fingerprint density at radius 1 is 0.756 bits per heavy atom. The maximum absolute atomic E-state index is 14.4. The van der Waals surface area contributed by atoms with Crippen LogP contribution in [0.5, 0.6) is 11.5 Å². The van der Waals surface area contributed by atoms with Crippen LogP contribution in [0.15, 0.2) is 114 Å². The molecule has 4 aromatic rings. The summed E-state index contributed by atoms with van der Waals surface area (Å²) in [5, 5.41) is 2.96. The number of ether oxygens (including phenoxy) is 2. The van der Waals surface area contributed by atoms with E-state index in [-0.39, 0.29) is 35.6 Å². The number of hydrogen-bond donors (Lipinski definition) is 1. The van der Waals surface area contributed by atoms with Gasteiger partial charge in [0.1, 0.15) is 12.6 Å². The first kappa shape index (κ1) is 33.1. The highest BCUT2D eigenvalue weighted by atomic mass is 32.2. The van der Waals surface area contributed by atoms with Crippen LogP contribution in [0, 0.1) is 0 Å². The van der Waals surface area contributed by atoms with Crippen molar-refractivity contribution in [2.45, 2.75) is 43.8 Å². The zero-order chi connectivity index (χ0) is 32.4. The van der Waals surface area contributed by atoms with E-state index in [4.69, 9.17) is 9.47 Å². The highest BCUT2D eigenvalue weighted by Gasteiger charge is 2.35. The van der Waals surface area contributed by atoms with Crippen LogP contribution in [0.4, 0.5) is 5.69 Å². The van der Waals surface area contributed by atoms with Crippen molar-refractivity contribution in [2.75, 3.05) is 25.1 Å². The van der Waals surface area contributed by atoms with Gasteiger partial charge in [0.15, 0.2) is 11.5 Å². The lowest BCUT2D eigenvalue weighted by molar-refractivity contribution is -0.140. The Labute approximate surface area is 265 Å². The van der Waals surface area contributed by atoms with E-state index < -0.39 is 28.5 Å². The van der Waals surface area contributed by atoms with Gasteiger partial charge in [0, 0.05) is 25.1 Å². The number of rotatable bonds is 14. The molecule has 4 aromatic carbocycles. The summed E-state index contributed by atoms with van der Waals surface area (Å²) in [4.78, 5) is 29.6. The molecule has 0 aliphatic rings. The summed E-state index contributed by atoms with van der Waals surface area (Å²) < 4.78 is 40.2. The van der Waals surface area contributed by atoms with Crippen LogP contribution in [0.3, 0.4) is 0 Å². The molecule has 0 fully saturated rings. The Hall–Kier alpha value is -4.83. The summed E-state index contributed by atoms with van der Waals surface area (Å²) in [5.74, 6) is -0.261. The van der Waals surface area contributed by atoms with Crippen LogP contribution >= 0.6 is 0 Å². The molecule has 0 saturated carbocycles. The quantitative estimate of drug-likeness (QED) is 0.209. The van der Waals surface area contributed by atoms with Crippen molar-refractivity contribution in [2.24, 2.45) is 0 Å². The number of nitrogens with zero attached hydrogens (tertiary/aromatic N) is 2. The molecule has 0 bridgehead atoms. The van der Waals surface area contributed by atoms with Crippen LogP contribution in [-0.4, -0.2) is 58.0 Å². The number of para-hydroxylation sites is 1. The van der Waals surface area contributed by atoms with Crippen LogP contribution < -0.4 is 19.1 Å². The van der Waals surface area contributed by atoms with Gasteiger partial charge in [0.25, 0.3) is 10.0 Å². The lowest BCUT2D eigenvalue weighted by atomic mass is 10.0. The third-order valence-corrected chi connectivity index (χ3v) is 8.93. The number of nitrogens with one attached hydrogen (secondary N) is 1. The van der Waals surface area contributed by atoms with Gasteiger partial charge in [-0.25, -0.2) is 8.42 Å².